The molecule has 1 aliphatic carbocycles. The first-order chi connectivity index (χ1) is 8.99. The molecule has 1 aromatic rings. The average Bonchev–Trinajstić information content (AvgIpc) is 2.37. The SMILES string of the molecule is Cc1c([N+](=O)[O-])cnc(NC2CCC(N)CC2)c1Br. The summed E-state index contributed by atoms with van der Waals surface area (Å²) in [5, 5.41) is 14.2. The summed E-state index contributed by atoms with van der Waals surface area (Å²) in [5.41, 5.74) is 6.49. The maximum atomic E-state index is 10.8. The summed E-state index contributed by atoms with van der Waals surface area (Å²) in [7, 11) is 0. The molecular formula is C12H17BrN4O2. The second-order valence-electron chi connectivity index (χ2n) is 4.94. The number of halogens is 1. The van der Waals surface area contributed by atoms with Crippen LogP contribution in [0.2, 0.25) is 0 Å². The summed E-state index contributed by atoms with van der Waals surface area (Å²) >= 11 is 3.38. The van der Waals surface area contributed by atoms with Gasteiger partial charge in [0.1, 0.15) is 12.0 Å². The summed E-state index contributed by atoms with van der Waals surface area (Å²) in [5.74, 6) is 0.670. The predicted molar refractivity (Wildman–Crippen MR) is 77.2 cm³/mol. The number of aromatic nitrogens is 1. The summed E-state index contributed by atoms with van der Waals surface area (Å²) in [6.07, 6.45) is 5.32. The summed E-state index contributed by atoms with van der Waals surface area (Å²) in [6.45, 7) is 1.71. The molecule has 3 N–H and O–H groups in total. The van der Waals surface area contributed by atoms with Crippen molar-refractivity contribution in [3.05, 3.63) is 26.3 Å². The van der Waals surface area contributed by atoms with E-state index >= 15 is 0 Å². The number of hydrogen-bond donors (Lipinski definition) is 2. The molecule has 7 heteroatoms. The molecule has 1 aromatic heterocycles. The fourth-order valence-electron chi connectivity index (χ4n) is 2.31. The van der Waals surface area contributed by atoms with Crippen LogP contribution >= 0.6 is 15.9 Å². The normalized spacial score (nSPS) is 23.1. The Morgan fingerprint density at radius 3 is 2.68 bits per heavy atom. The minimum atomic E-state index is -0.420. The van der Waals surface area contributed by atoms with Gasteiger partial charge in [-0.2, -0.15) is 0 Å². The van der Waals surface area contributed by atoms with Gasteiger partial charge in [0.25, 0.3) is 5.69 Å². The van der Waals surface area contributed by atoms with Crippen molar-refractivity contribution in [2.75, 3.05) is 5.32 Å². The lowest BCUT2D eigenvalue weighted by Crippen LogP contribution is -2.33. The van der Waals surface area contributed by atoms with Crippen molar-refractivity contribution in [2.24, 2.45) is 5.73 Å². The molecule has 0 saturated heterocycles. The zero-order valence-corrected chi connectivity index (χ0v) is 12.3. The first kappa shape index (κ1) is 14.2. The van der Waals surface area contributed by atoms with E-state index in [1.807, 2.05) is 0 Å². The first-order valence-corrected chi connectivity index (χ1v) is 7.10. The van der Waals surface area contributed by atoms with E-state index in [4.69, 9.17) is 5.73 Å². The Morgan fingerprint density at radius 2 is 2.11 bits per heavy atom. The molecule has 0 aromatic carbocycles. The molecule has 1 heterocycles. The summed E-state index contributed by atoms with van der Waals surface area (Å²) < 4.78 is 0.663. The standard InChI is InChI=1S/C12H17BrN4O2/c1-7-10(17(18)19)6-15-12(11(7)13)16-9-4-2-8(14)3-5-9/h6,8-9H,2-5,14H2,1H3,(H,15,16). The highest BCUT2D eigenvalue weighted by Crippen LogP contribution is 2.32. The van der Waals surface area contributed by atoms with Gasteiger partial charge < -0.3 is 11.1 Å². The Morgan fingerprint density at radius 1 is 1.47 bits per heavy atom. The maximum Gasteiger partial charge on any atom is 0.291 e. The Bertz CT molecular complexity index is 487. The van der Waals surface area contributed by atoms with Crippen LogP contribution in [-0.4, -0.2) is 22.0 Å². The molecule has 104 valence electrons. The number of hydrogen-bond acceptors (Lipinski definition) is 5. The Kier molecular flexibility index (Phi) is 4.36. The van der Waals surface area contributed by atoms with E-state index in [9.17, 15) is 10.1 Å². The van der Waals surface area contributed by atoms with Crippen molar-refractivity contribution in [1.29, 1.82) is 0 Å². The zero-order valence-electron chi connectivity index (χ0n) is 10.7. The van der Waals surface area contributed by atoms with Crippen molar-refractivity contribution in [3.63, 3.8) is 0 Å². The van der Waals surface area contributed by atoms with E-state index in [1.165, 1.54) is 6.20 Å². The van der Waals surface area contributed by atoms with Crippen LogP contribution in [0.5, 0.6) is 0 Å². The van der Waals surface area contributed by atoms with E-state index in [2.05, 4.69) is 26.2 Å². The highest BCUT2D eigenvalue weighted by atomic mass is 79.9. The molecule has 2 rings (SSSR count). The number of rotatable bonds is 3. The van der Waals surface area contributed by atoms with Crippen LogP contribution in [0.4, 0.5) is 11.5 Å². The molecule has 0 radical (unpaired) electrons. The molecule has 1 saturated carbocycles. The van der Waals surface area contributed by atoms with Crippen LogP contribution in [-0.2, 0) is 0 Å². The van der Waals surface area contributed by atoms with Gasteiger partial charge in [0, 0.05) is 17.6 Å². The number of pyridine rings is 1. The molecule has 0 atom stereocenters. The van der Waals surface area contributed by atoms with Gasteiger partial charge in [-0.1, -0.05) is 0 Å². The van der Waals surface area contributed by atoms with Crippen LogP contribution in [0.25, 0.3) is 0 Å². The van der Waals surface area contributed by atoms with E-state index in [0.717, 1.165) is 25.7 Å². The predicted octanol–water partition coefficient (Wildman–Crippen LogP) is 2.74. The molecule has 0 unspecified atom stereocenters. The van der Waals surface area contributed by atoms with Crippen molar-refractivity contribution >= 4 is 27.4 Å². The molecule has 1 fully saturated rings. The highest BCUT2D eigenvalue weighted by Gasteiger charge is 2.22. The van der Waals surface area contributed by atoms with E-state index in [-0.39, 0.29) is 5.69 Å². The van der Waals surface area contributed by atoms with Gasteiger partial charge in [-0.15, -0.1) is 0 Å². The lowest BCUT2D eigenvalue weighted by atomic mass is 9.92. The fraction of sp³-hybridized carbons (Fsp3) is 0.583. The van der Waals surface area contributed by atoms with Crippen LogP contribution in [0.1, 0.15) is 31.2 Å². The molecule has 19 heavy (non-hydrogen) atoms. The molecule has 0 aliphatic heterocycles. The number of nitrogens with zero attached hydrogens (tertiary/aromatic N) is 2. The molecule has 6 nitrogen and oxygen atoms in total. The third kappa shape index (κ3) is 3.22. The Hall–Kier alpha value is -1.21. The maximum absolute atomic E-state index is 10.8. The van der Waals surface area contributed by atoms with E-state index in [1.54, 1.807) is 6.92 Å². The molecule has 0 amide bonds. The third-order valence-electron chi connectivity index (χ3n) is 3.55. The molecule has 0 bridgehead atoms. The summed E-state index contributed by atoms with van der Waals surface area (Å²) in [4.78, 5) is 14.5. The minimum absolute atomic E-state index is 0.0306. The van der Waals surface area contributed by atoms with Gasteiger partial charge in [0.2, 0.25) is 0 Å². The lowest BCUT2D eigenvalue weighted by Gasteiger charge is -2.27. The first-order valence-electron chi connectivity index (χ1n) is 6.30. The van der Waals surface area contributed by atoms with Gasteiger partial charge >= 0.3 is 0 Å². The van der Waals surface area contributed by atoms with Gasteiger partial charge in [-0.3, -0.25) is 10.1 Å². The lowest BCUT2D eigenvalue weighted by molar-refractivity contribution is -0.385. The van der Waals surface area contributed by atoms with E-state index in [0.29, 0.717) is 27.9 Å². The van der Waals surface area contributed by atoms with Crippen LogP contribution < -0.4 is 11.1 Å². The van der Waals surface area contributed by atoms with Gasteiger partial charge in [-0.05, 0) is 48.5 Å². The highest BCUT2D eigenvalue weighted by molar-refractivity contribution is 9.10. The van der Waals surface area contributed by atoms with Gasteiger partial charge in [0.15, 0.2) is 0 Å². The number of anilines is 1. The number of nitro groups is 1. The molecular weight excluding hydrogens is 312 g/mol. The van der Waals surface area contributed by atoms with Crippen LogP contribution in [0, 0.1) is 17.0 Å². The third-order valence-corrected chi connectivity index (χ3v) is 4.52. The average molecular weight is 329 g/mol. The van der Waals surface area contributed by atoms with Crippen molar-refractivity contribution in [2.45, 2.75) is 44.7 Å². The van der Waals surface area contributed by atoms with Crippen molar-refractivity contribution in [1.82, 2.24) is 4.98 Å². The Balaban J connectivity index is 2.13. The van der Waals surface area contributed by atoms with Crippen LogP contribution in [0.3, 0.4) is 0 Å². The van der Waals surface area contributed by atoms with Gasteiger partial charge in [-0.25, -0.2) is 4.98 Å². The smallest absolute Gasteiger partial charge is 0.291 e. The number of nitrogens with one attached hydrogen (secondary N) is 1. The minimum Gasteiger partial charge on any atom is -0.366 e. The largest absolute Gasteiger partial charge is 0.366 e. The van der Waals surface area contributed by atoms with Gasteiger partial charge in [0.05, 0.1) is 9.40 Å². The molecule has 1 aliphatic rings. The van der Waals surface area contributed by atoms with Crippen LogP contribution in [0.15, 0.2) is 10.7 Å². The second kappa shape index (κ2) is 5.83. The topological polar surface area (TPSA) is 94.1 Å². The fourth-order valence-corrected chi connectivity index (χ4v) is 2.73. The second-order valence-corrected chi connectivity index (χ2v) is 5.74. The monoisotopic (exact) mass is 328 g/mol. The van der Waals surface area contributed by atoms with E-state index < -0.39 is 4.92 Å². The zero-order chi connectivity index (χ0) is 14.0. The molecule has 0 spiro atoms. The number of nitrogens with two attached hydrogens (primary N) is 1. The summed E-state index contributed by atoms with van der Waals surface area (Å²) in [6, 6.07) is 0.637. The van der Waals surface area contributed by atoms with Crippen molar-refractivity contribution in [3.8, 4) is 0 Å². The van der Waals surface area contributed by atoms with Crippen molar-refractivity contribution < 1.29 is 4.92 Å². The Labute approximate surface area is 120 Å². The quantitative estimate of drug-likeness (QED) is 0.657.